The van der Waals surface area contributed by atoms with Gasteiger partial charge in [0.1, 0.15) is 0 Å². The second kappa shape index (κ2) is 5.91. The summed E-state index contributed by atoms with van der Waals surface area (Å²) < 4.78 is 5.68. The topological polar surface area (TPSA) is 62.4 Å². The number of rotatable bonds is 4. The number of likely N-dealkylation sites (tertiary alicyclic amines) is 1. The van der Waals surface area contributed by atoms with Gasteiger partial charge in [-0.05, 0) is 31.5 Å². The third-order valence-electron chi connectivity index (χ3n) is 3.62. The molecule has 2 aromatic rings. The molecule has 1 aromatic carbocycles. The maximum Gasteiger partial charge on any atom is 0.249 e. The van der Waals surface area contributed by atoms with E-state index in [-0.39, 0.29) is 12.6 Å². The summed E-state index contributed by atoms with van der Waals surface area (Å²) in [6.45, 7) is 1.70. The lowest BCUT2D eigenvalue weighted by atomic mass is 10.2. The van der Waals surface area contributed by atoms with Crippen molar-refractivity contribution in [3.8, 4) is 11.5 Å². The van der Waals surface area contributed by atoms with Crippen LogP contribution in [0, 0.1) is 0 Å². The first-order valence-electron chi connectivity index (χ1n) is 6.70. The fourth-order valence-corrected chi connectivity index (χ4v) is 2.76. The Morgan fingerprint density at radius 3 is 3.00 bits per heavy atom. The third kappa shape index (κ3) is 2.70. The highest BCUT2D eigenvalue weighted by molar-refractivity contribution is 6.33. The molecule has 0 aliphatic carbocycles. The Morgan fingerprint density at radius 1 is 1.35 bits per heavy atom. The predicted octanol–water partition coefficient (Wildman–Crippen LogP) is 2.35. The molecular weight excluding hydrogens is 278 g/mol. The lowest BCUT2D eigenvalue weighted by Crippen LogP contribution is -2.31. The average Bonchev–Trinajstić information content (AvgIpc) is 3.09. The Morgan fingerprint density at radius 2 is 2.20 bits per heavy atom. The van der Waals surface area contributed by atoms with Crippen molar-refractivity contribution in [1.29, 1.82) is 0 Å². The lowest BCUT2D eigenvalue weighted by Gasteiger charge is -2.20. The molecule has 1 N–H and O–H groups in total. The minimum atomic E-state index is 0.172. The number of aromatic nitrogens is 2. The molecule has 5 nitrogen and oxygen atoms in total. The Hall–Kier alpha value is -1.43. The zero-order chi connectivity index (χ0) is 13.9. The number of aliphatic hydroxyl groups is 1. The van der Waals surface area contributed by atoms with Crippen LogP contribution < -0.4 is 0 Å². The molecule has 0 bridgehead atoms. The first kappa shape index (κ1) is 13.5. The standard InChI is InChI=1S/C14H16ClN3O2/c15-12-6-2-1-5-11(12)14-17-16-13(20-14)8-18-7-3-4-10(18)9-19/h1-2,5-6,10,19H,3-4,7-9H2. The van der Waals surface area contributed by atoms with E-state index >= 15 is 0 Å². The van der Waals surface area contributed by atoms with Gasteiger partial charge in [0.25, 0.3) is 0 Å². The van der Waals surface area contributed by atoms with E-state index < -0.39 is 0 Å². The molecule has 20 heavy (non-hydrogen) atoms. The zero-order valence-corrected chi connectivity index (χ0v) is 11.8. The number of benzene rings is 1. The fourth-order valence-electron chi connectivity index (χ4n) is 2.54. The van der Waals surface area contributed by atoms with Gasteiger partial charge in [0.15, 0.2) is 0 Å². The molecule has 3 rings (SSSR count). The monoisotopic (exact) mass is 293 g/mol. The fraction of sp³-hybridized carbons (Fsp3) is 0.429. The van der Waals surface area contributed by atoms with Crippen molar-refractivity contribution in [2.75, 3.05) is 13.2 Å². The summed E-state index contributed by atoms with van der Waals surface area (Å²) >= 11 is 6.11. The molecule has 106 valence electrons. The van der Waals surface area contributed by atoms with E-state index in [4.69, 9.17) is 16.0 Å². The summed E-state index contributed by atoms with van der Waals surface area (Å²) in [6, 6.07) is 7.59. The molecular formula is C14H16ClN3O2. The van der Waals surface area contributed by atoms with Crippen molar-refractivity contribution < 1.29 is 9.52 Å². The maximum absolute atomic E-state index is 9.31. The number of aliphatic hydroxyl groups excluding tert-OH is 1. The van der Waals surface area contributed by atoms with Crippen LogP contribution >= 0.6 is 11.6 Å². The van der Waals surface area contributed by atoms with Crippen LogP contribution in [0.4, 0.5) is 0 Å². The van der Waals surface area contributed by atoms with E-state index in [0.717, 1.165) is 24.9 Å². The van der Waals surface area contributed by atoms with Crippen molar-refractivity contribution in [2.24, 2.45) is 0 Å². The molecule has 1 aliphatic rings. The van der Waals surface area contributed by atoms with Crippen molar-refractivity contribution in [3.05, 3.63) is 35.2 Å². The van der Waals surface area contributed by atoms with E-state index in [1.807, 2.05) is 18.2 Å². The largest absolute Gasteiger partial charge is 0.419 e. The molecule has 1 atom stereocenters. The molecule has 0 saturated carbocycles. The summed E-state index contributed by atoms with van der Waals surface area (Å²) in [7, 11) is 0. The van der Waals surface area contributed by atoms with Crippen molar-refractivity contribution >= 4 is 11.6 Å². The molecule has 1 fully saturated rings. The van der Waals surface area contributed by atoms with E-state index in [1.54, 1.807) is 6.07 Å². The van der Waals surface area contributed by atoms with Crippen LogP contribution in [0.2, 0.25) is 5.02 Å². The molecule has 2 heterocycles. The number of hydrogen-bond donors (Lipinski definition) is 1. The highest BCUT2D eigenvalue weighted by Gasteiger charge is 2.25. The van der Waals surface area contributed by atoms with Gasteiger partial charge in [-0.15, -0.1) is 10.2 Å². The van der Waals surface area contributed by atoms with Gasteiger partial charge in [-0.2, -0.15) is 0 Å². The molecule has 0 radical (unpaired) electrons. The second-order valence-corrected chi connectivity index (χ2v) is 5.34. The Bertz CT molecular complexity index is 587. The smallest absolute Gasteiger partial charge is 0.249 e. The van der Waals surface area contributed by atoms with Crippen LogP contribution in [0.1, 0.15) is 18.7 Å². The Balaban J connectivity index is 1.76. The summed E-state index contributed by atoms with van der Waals surface area (Å²) in [5, 5.41) is 18.0. The zero-order valence-electron chi connectivity index (χ0n) is 11.0. The van der Waals surface area contributed by atoms with Crippen molar-refractivity contribution in [3.63, 3.8) is 0 Å². The first-order valence-corrected chi connectivity index (χ1v) is 7.08. The quantitative estimate of drug-likeness (QED) is 0.937. The van der Waals surface area contributed by atoms with E-state index in [2.05, 4.69) is 15.1 Å². The average molecular weight is 294 g/mol. The maximum atomic E-state index is 9.31. The highest BCUT2D eigenvalue weighted by Crippen LogP contribution is 2.27. The lowest BCUT2D eigenvalue weighted by molar-refractivity contribution is 0.144. The van der Waals surface area contributed by atoms with Crippen LogP contribution in [0.5, 0.6) is 0 Å². The summed E-state index contributed by atoms with van der Waals surface area (Å²) in [5.41, 5.74) is 0.744. The van der Waals surface area contributed by atoms with E-state index in [0.29, 0.717) is 23.3 Å². The summed E-state index contributed by atoms with van der Waals surface area (Å²) in [6.07, 6.45) is 2.11. The molecule has 6 heteroatoms. The molecule has 0 amide bonds. The summed E-state index contributed by atoms with van der Waals surface area (Å²) in [5.74, 6) is 0.991. The normalized spacial score (nSPS) is 19.6. The minimum absolute atomic E-state index is 0.172. The molecule has 1 unspecified atom stereocenters. The van der Waals surface area contributed by atoms with Gasteiger partial charge in [0, 0.05) is 6.04 Å². The molecule has 0 spiro atoms. The molecule has 1 aliphatic heterocycles. The number of nitrogens with zero attached hydrogens (tertiary/aromatic N) is 3. The van der Waals surface area contributed by atoms with Crippen LogP contribution in [-0.2, 0) is 6.54 Å². The summed E-state index contributed by atoms with van der Waals surface area (Å²) in [4.78, 5) is 2.17. The first-order chi connectivity index (χ1) is 9.78. The van der Waals surface area contributed by atoms with E-state index in [9.17, 15) is 5.11 Å². The Kier molecular flexibility index (Phi) is 4.00. The van der Waals surface area contributed by atoms with Gasteiger partial charge in [0.2, 0.25) is 11.8 Å². The van der Waals surface area contributed by atoms with E-state index in [1.165, 1.54) is 0 Å². The van der Waals surface area contributed by atoms with Gasteiger partial charge < -0.3 is 9.52 Å². The predicted molar refractivity (Wildman–Crippen MR) is 75.3 cm³/mol. The Labute approximate surface area is 122 Å². The third-order valence-corrected chi connectivity index (χ3v) is 3.95. The van der Waals surface area contributed by atoms with Gasteiger partial charge in [0.05, 0.1) is 23.7 Å². The van der Waals surface area contributed by atoms with Gasteiger partial charge in [-0.1, -0.05) is 23.7 Å². The highest BCUT2D eigenvalue weighted by atomic mass is 35.5. The van der Waals surface area contributed by atoms with Crippen LogP contribution in [0.25, 0.3) is 11.5 Å². The van der Waals surface area contributed by atoms with Gasteiger partial charge in [-0.25, -0.2) is 0 Å². The van der Waals surface area contributed by atoms with Crippen LogP contribution in [-0.4, -0.2) is 39.4 Å². The minimum Gasteiger partial charge on any atom is -0.419 e. The molecule has 1 aromatic heterocycles. The van der Waals surface area contributed by atoms with Gasteiger partial charge >= 0.3 is 0 Å². The van der Waals surface area contributed by atoms with Gasteiger partial charge in [-0.3, -0.25) is 4.90 Å². The number of halogens is 1. The SMILES string of the molecule is OCC1CCCN1Cc1nnc(-c2ccccc2Cl)o1. The van der Waals surface area contributed by atoms with Crippen molar-refractivity contribution in [2.45, 2.75) is 25.4 Å². The van der Waals surface area contributed by atoms with Crippen molar-refractivity contribution in [1.82, 2.24) is 15.1 Å². The number of hydrogen-bond acceptors (Lipinski definition) is 5. The van der Waals surface area contributed by atoms with Crippen LogP contribution in [0.15, 0.2) is 28.7 Å². The van der Waals surface area contributed by atoms with Crippen LogP contribution in [0.3, 0.4) is 0 Å². The molecule has 1 saturated heterocycles. The second-order valence-electron chi connectivity index (χ2n) is 4.93.